The Morgan fingerprint density at radius 3 is 2.71 bits per heavy atom. The Balaban J connectivity index is 1.82. The highest BCUT2D eigenvalue weighted by Gasteiger charge is 2.39. The first-order valence-electron chi connectivity index (χ1n) is 9.54. The van der Waals surface area contributed by atoms with Crippen LogP contribution in [-0.2, 0) is 15.8 Å². The number of ether oxygens (including phenoxy) is 2. The van der Waals surface area contributed by atoms with E-state index in [-0.39, 0.29) is 16.8 Å². The topological polar surface area (TPSA) is 104 Å². The van der Waals surface area contributed by atoms with E-state index in [1.165, 1.54) is 32.4 Å². The maximum Gasteiger partial charge on any atom is 0.505 e. The molecule has 0 aromatic carbocycles. The predicted octanol–water partition coefficient (Wildman–Crippen LogP) is 3.10. The first kappa shape index (κ1) is 23.9. The molecule has 172 valence electrons. The van der Waals surface area contributed by atoms with Gasteiger partial charge in [0.2, 0.25) is 0 Å². The number of rotatable bonds is 8. The van der Waals surface area contributed by atoms with Crippen molar-refractivity contribution in [1.29, 1.82) is 0 Å². The fraction of sp³-hybridized carbons (Fsp3) is 0.647. The average molecular weight is 482 g/mol. The van der Waals surface area contributed by atoms with E-state index in [1.54, 1.807) is 6.92 Å². The highest BCUT2D eigenvalue weighted by molar-refractivity contribution is 8.76. The second kappa shape index (κ2) is 9.79. The van der Waals surface area contributed by atoms with Gasteiger partial charge in [0.15, 0.2) is 5.44 Å². The Morgan fingerprint density at radius 1 is 1.35 bits per heavy atom. The summed E-state index contributed by atoms with van der Waals surface area (Å²) >= 11 is 0. The summed E-state index contributed by atoms with van der Waals surface area (Å²) in [6.45, 7) is 5.37. The zero-order valence-corrected chi connectivity index (χ0v) is 18.6. The molecule has 2 aromatic rings. The Labute approximate surface area is 183 Å². The van der Waals surface area contributed by atoms with E-state index in [0.29, 0.717) is 17.7 Å². The molecule has 1 saturated heterocycles. The van der Waals surface area contributed by atoms with Crippen LogP contribution in [0.1, 0.15) is 49.6 Å². The Bertz CT molecular complexity index is 1010. The molecule has 4 atom stereocenters. The molecule has 2 aromatic heterocycles. The summed E-state index contributed by atoms with van der Waals surface area (Å²) in [6, 6.07) is 0. The SMILES string of the molecule is CCSSC(OC1CC(n2cc(C)c(=O)[nH]c2=O)OC1CC)c1cn(C(F)(F)F)nn1. The minimum absolute atomic E-state index is 0.0404. The number of nitrogens with one attached hydrogen (secondary N) is 1. The molecule has 31 heavy (non-hydrogen) atoms. The van der Waals surface area contributed by atoms with Crippen LogP contribution in [0.5, 0.6) is 0 Å². The van der Waals surface area contributed by atoms with Gasteiger partial charge in [-0.2, -0.15) is 4.68 Å². The lowest BCUT2D eigenvalue weighted by Gasteiger charge is -2.22. The smallest absolute Gasteiger partial charge is 0.354 e. The monoisotopic (exact) mass is 481 g/mol. The second-order valence-electron chi connectivity index (χ2n) is 6.82. The molecule has 0 amide bonds. The molecule has 0 aliphatic carbocycles. The van der Waals surface area contributed by atoms with Gasteiger partial charge < -0.3 is 9.47 Å². The summed E-state index contributed by atoms with van der Waals surface area (Å²) in [4.78, 5) is 26.1. The molecule has 14 heteroatoms. The van der Waals surface area contributed by atoms with Gasteiger partial charge in [0.05, 0.1) is 18.4 Å². The van der Waals surface area contributed by atoms with E-state index in [9.17, 15) is 22.8 Å². The number of aromatic nitrogens is 5. The highest BCUT2D eigenvalue weighted by Crippen LogP contribution is 2.42. The average Bonchev–Trinajstić information content (AvgIpc) is 3.35. The molecule has 0 saturated carbocycles. The largest absolute Gasteiger partial charge is 0.505 e. The molecule has 0 radical (unpaired) electrons. The summed E-state index contributed by atoms with van der Waals surface area (Å²) in [7, 11) is 2.66. The fourth-order valence-corrected chi connectivity index (χ4v) is 4.98. The maximum absolute atomic E-state index is 12.9. The quantitative estimate of drug-likeness (QED) is 0.453. The van der Waals surface area contributed by atoms with Gasteiger partial charge in [-0.05, 0) is 13.3 Å². The number of aryl methyl sites for hydroxylation is 1. The Hall–Kier alpha value is -1.77. The van der Waals surface area contributed by atoms with Crippen LogP contribution in [0.3, 0.4) is 0 Å². The van der Waals surface area contributed by atoms with Crippen molar-refractivity contribution < 1.29 is 22.6 Å². The minimum atomic E-state index is -4.67. The summed E-state index contributed by atoms with van der Waals surface area (Å²) in [5.41, 5.74) is -1.48. The number of hydrogen-bond acceptors (Lipinski definition) is 8. The van der Waals surface area contributed by atoms with Crippen LogP contribution in [0, 0.1) is 6.92 Å². The van der Waals surface area contributed by atoms with Crippen LogP contribution in [0.4, 0.5) is 13.2 Å². The first-order valence-corrected chi connectivity index (χ1v) is 11.9. The maximum atomic E-state index is 12.9. The first-order chi connectivity index (χ1) is 14.6. The van der Waals surface area contributed by atoms with Crippen LogP contribution in [-0.4, -0.2) is 42.5 Å². The van der Waals surface area contributed by atoms with Crippen molar-refractivity contribution in [2.45, 2.75) is 63.8 Å². The number of alkyl halides is 3. The minimum Gasteiger partial charge on any atom is -0.354 e. The summed E-state index contributed by atoms with van der Waals surface area (Å²) in [5.74, 6) is 0.713. The van der Waals surface area contributed by atoms with E-state index < -0.39 is 41.4 Å². The predicted molar refractivity (Wildman–Crippen MR) is 110 cm³/mol. The van der Waals surface area contributed by atoms with Crippen molar-refractivity contribution in [2.24, 2.45) is 0 Å². The van der Waals surface area contributed by atoms with Gasteiger partial charge in [0, 0.05) is 23.9 Å². The van der Waals surface area contributed by atoms with Crippen LogP contribution in [0.15, 0.2) is 22.0 Å². The fourth-order valence-electron chi connectivity index (χ4n) is 3.12. The van der Waals surface area contributed by atoms with Gasteiger partial charge in [0.25, 0.3) is 5.56 Å². The van der Waals surface area contributed by atoms with E-state index in [2.05, 4.69) is 15.3 Å². The lowest BCUT2D eigenvalue weighted by Crippen LogP contribution is -2.33. The van der Waals surface area contributed by atoms with Crippen molar-refractivity contribution in [3.05, 3.63) is 44.5 Å². The zero-order valence-electron chi connectivity index (χ0n) is 17.0. The third-order valence-corrected chi connectivity index (χ3v) is 7.16. The van der Waals surface area contributed by atoms with E-state index >= 15 is 0 Å². The summed E-state index contributed by atoms with van der Waals surface area (Å²) in [6.07, 6.45) is -3.16. The van der Waals surface area contributed by atoms with Crippen LogP contribution in [0.2, 0.25) is 0 Å². The Morgan fingerprint density at radius 2 is 2.10 bits per heavy atom. The number of nitrogens with zero attached hydrogens (tertiary/aromatic N) is 4. The van der Waals surface area contributed by atoms with Gasteiger partial charge in [0.1, 0.15) is 11.9 Å². The standard InChI is InChI=1S/C17H22F3N5O4S2/c1-4-11-12(6-13(28-11)24-7-9(3)14(26)21-16(24)27)29-15(31-30-5-2)10-8-25(23-22-10)17(18,19)20/h7-8,11-13,15H,4-6H2,1-3H3,(H,21,26,27). The molecular formula is C17H22F3N5O4S2. The third kappa shape index (κ3) is 5.54. The molecule has 1 aliphatic heterocycles. The van der Waals surface area contributed by atoms with Gasteiger partial charge in [-0.25, -0.2) is 4.79 Å². The number of H-pyrrole nitrogens is 1. The molecule has 0 bridgehead atoms. The second-order valence-corrected chi connectivity index (χ2v) is 9.53. The molecule has 1 aliphatic rings. The summed E-state index contributed by atoms with van der Waals surface area (Å²) < 4.78 is 51.9. The van der Waals surface area contributed by atoms with Crippen molar-refractivity contribution in [3.8, 4) is 0 Å². The molecule has 1 fully saturated rings. The van der Waals surface area contributed by atoms with Crippen molar-refractivity contribution in [1.82, 2.24) is 24.5 Å². The third-order valence-electron chi connectivity index (χ3n) is 4.62. The number of aromatic amines is 1. The van der Waals surface area contributed by atoms with E-state index in [1.807, 2.05) is 13.8 Å². The molecule has 4 unspecified atom stereocenters. The van der Waals surface area contributed by atoms with Crippen molar-refractivity contribution in [2.75, 3.05) is 5.75 Å². The van der Waals surface area contributed by atoms with Crippen LogP contribution < -0.4 is 11.2 Å². The van der Waals surface area contributed by atoms with Gasteiger partial charge >= 0.3 is 12.0 Å². The number of hydrogen-bond donors (Lipinski definition) is 1. The molecule has 0 spiro atoms. The van der Waals surface area contributed by atoms with Crippen molar-refractivity contribution in [3.63, 3.8) is 0 Å². The molecule has 3 heterocycles. The molecule has 1 N–H and O–H groups in total. The summed E-state index contributed by atoms with van der Waals surface area (Å²) in [5, 5.41) is 6.79. The lowest BCUT2D eigenvalue weighted by atomic mass is 10.1. The zero-order chi connectivity index (χ0) is 22.8. The van der Waals surface area contributed by atoms with Gasteiger partial charge in [-0.1, -0.05) is 40.6 Å². The Kier molecular flexibility index (Phi) is 7.55. The van der Waals surface area contributed by atoms with Crippen LogP contribution in [0.25, 0.3) is 0 Å². The van der Waals surface area contributed by atoms with Crippen LogP contribution >= 0.6 is 21.6 Å². The lowest BCUT2D eigenvalue weighted by molar-refractivity contribution is -0.213. The molecule has 9 nitrogen and oxygen atoms in total. The van der Waals surface area contributed by atoms with Gasteiger partial charge in [-0.15, -0.1) is 18.3 Å². The number of halogens is 3. The normalized spacial score (nSPS) is 22.7. The van der Waals surface area contributed by atoms with Gasteiger partial charge in [-0.3, -0.25) is 14.3 Å². The molecule has 3 rings (SSSR count). The van der Waals surface area contributed by atoms with Crippen molar-refractivity contribution >= 4 is 21.6 Å². The van der Waals surface area contributed by atoms with E-state index in [0.717, 1.165) is 6.20 Å². The highest BCUT2D eigenvalue weighted by atomic mass is 33.1. The molecular weight excluding hydrogens is 459 g/mol. The van der Waals surface area contributed by atoms with E-state index in [4.69, 9.17) is 9.47 Å².